The van der Waals surface area contributed by atoms with E-state index >= 15 is 0 Å². The first-order chi connectivity index (χ1) is 7.08. The summed E-state index contributed by atoms with van der Waals surface area (Å²) in [5, 5.41) is 0. The molecule has 1 heterocycles. The smallest absolute Gasteiger partial charge is 0.149 e. The van der Waals surface area contributed by atoms with Crippen molar-refractivity contribution in [1.29, 1.82) is 0 Å². The summed E-state index contributed by atoms with van der Waals surface area (Å²) in [6, 6.07) is 0.277. The van der Waals surface area contributed by atoms with Crippen LogP contribution in [0.3, 0.4) is 0 Å². The molecule has 0 aromatic heterocycles. The average Bonchev–Trinajstić information content (AvgIpc) is 2.49. The van der Waals surface area contributed by atoms with Crippen molar-refractivity contribution in [3.63, 3.8) is 0 Å². The van der Waals surface area contributed by atoms with E-state index in [9.17, 15) is 4.79 Å². The van der Waals surface area contributed by atoms with Gasteiger partial charge in [0.05, 0.1) is 6.04 Å². The van der Waals surface area contributed by atoms with Gasteiger partial charge in [0.2, 0.25) is 0 Å². The zero-order chi connectivity index (χ0) is 10.9. The summed E-state index contributed by atoms with van der Waals surface area (Å²) in [6.45, 7) is 6.98. The van der Waals surface area contributed by atoms with Crippen LogP contribution in [0.5, 0.6) is 0 Å². The van der Waals surface area contributed by atoms with E-state index < -0.39 is 0 Å². The minimum Gasteiger partial charge on any atom is -0.298 e. The van der Waals surface area contributed by atoms with Crippen molar-refractivity contribution in [2.24, 2.45) is 5.41 Å². The molecule has 0 aromatic rings. The Hall–Kier alpha value is -0.370. The molecule has 1 atom stereocenters. The molecule has 1 aliphatic heterocycles. The maximum Gasteiger partial charge on any atom is 0.149 e. The Kier molecular flexibility index (Phi) is 3.15. The highest BCUT2D eigenvalue weighted by atomic mass is 16.1. The third kappa shape index (κ3) is 2.60. The molecule has 0 N–H and O–H groups in total. The molecular formula is C13H23NO. The SMILES string of the molecule is CC1(C)CCCN(C2CCCC2=O)CC1. The summed E-state index contributed by atoms with van der Waals surface area (Å²) in [6.07, 6.45) is 6.87. The normalized spacial score (nSPS) is 32.9. The molecule has 2 rings (SSSR count). The second kappa shape index (κ2) is 4.25. The van der Waals surface area contributed by atoms with Crippen LogP contribution in [-0.2, 0) is 4.79 Å². The van der Waals surface area contributed by atoms with E-state index in [1.165, 1.54) is 19.3 Å². The fourth-order valence-electron chi connectivity index (χ4n) is 2.94. The molecule has 0 bridgehead atoms. The minimum atomic E-state index is 0.277. The van der Waals surface area contributed by atoms with Crippen molar-refractivity contribution in [1.82, 2.24) is 4.90 Å². The molecule has 2 nitrogen and oxygen atoms in total. The summed E-state index contributed by atoms with van der Waals surface area (Å²) in [5.41, 5.74) is 0.483. The van der Waals surface area contributed by atoms with Crippen molar-refractivity contribution in [2.45, 2.75) is 58.4 Å². The second-order valence-corrected chi connectivity index (χ2v) is 5.93. The van der Waals surface area contributed by atoms with Crippen LogP contribution in [0.25, 0.3) is 0 Å². The van der Waals surface area contributed by atoms with Gasteiger partial charge >= 0.3 is 0 Å². The molecule has 2 fully saturated rings. The van der Waals surface area contributed by atoms with Crippen LogP contribution in [0.4, 0.5) is 0 Å². The molecule has 2 heteroatoms. The zero-order valence-electron chi connectivity index (χ0n) is 10.1. The van der Waals surface area contributed by atoms with Gasteiger partial charge in [0.1, 0.15) is 5.78 Å². The first-order valence-electron chi connectivity index (χ1n) is 6.35. The monoisotopic (exact) mass is 209 g/mol. The molecule has 2 aliphatic rings. The molecule has 0 amide bonds. The van der Waals surface area contributed by atoms with E-state index in [0.717, 1.165) is 32.4 Å². The highest BCUT2D eigenvalue weighted by molar-refractivity contribution is 5.85. The summed E-state index contributed by atoms with van der Waals surface area (Å²) < 4.78 is 0. The van der Waals surface area contributed by atoms with E-state index in [2.05, 4.69) is 18.7 Å². The van der Waals surface area contributed by atoms with E-state index in [1.54, 1.807) is 0 Å². The molecule has 1 unspecified atom stereocenters. The van der Waals surface area contributed by atoms with Crippen molar-refractivity contribution in [3.05, 3.63) is 0 Å². The summed E-state index contributed by atoms with van der Waals surface area (Å²) in [4.78, 5) is 14.2. The molecule has 1 saturated carbocycles. The minimum absolute atomic E-state index is 0.277. The summed E-state index contributed by atoms with van der Waals surface area (Å²) >= 11 is 0. The molecule has 86 valence electrons. The number of carbonyl (C=O) groups is 1. The number of nitrogens with zero attached hydrogens (tertiary/aromatic N) is 1. The van der Waals surface area contributed by atoms with Crippen LogP contribution in [0, 0.1) is 5.41 Å². The number of Topliss-reactive ketones (excluding diaryl/α,β-unsaturated/α-hetero) is 1. The van der Waals surface area contributed by atoms with Crippen LogP contribution in [0.15, 0.2) is 0 Å². The summed E-state index contributed by atoms with van der Waals surface area (Å²) in [7, 11) is 0. The Morgan fingerprint density at radius 2 is 2.00 bits per heavy atom. The Balaban J connectivity index is 1.96. The number of hydrogen-bond donors (Lipinski definition) is 0. The van der Waals surface area contributed by atoms with Crippen LogP contribution in [0.2, 0.25) is 0 Å². The summed E-state index contributed by atoms with van der Waals surface area (Å²) in [5.74, 6) is 0.495. The van der Waals surface area contributed by atoms with Gasteiger partial charge in [-0.15, -0.1) is 0 Å². The number of likely N-dealkylation sites (tertiary alicyclic amines) is 1. The Labute approximate surface area is 93.0 Å². The Bertz CT molecular complexity index is 247. The highest BCUT2D eigenvalue weighted by Gasteiger charge is 2.32. The number of rotatable bonds is 1. The largest absolute Gasteiger partial charge is 0.298 e. The van der Waals surface area contributed by atoms with Crippen LogP contribution in [0.1, 0.15) is 52.4 Å². The zero-order valence-corrected chi connectivity index (χ0v) is 10.1. The van der Waals surface area contributed by atoms with Gasteiger partial charge in [0, 0.05) is 6.42 Å². The first kappa shape index (κ1) is 11.1. The fourth-order valence-corrected chi connectivity index (χ4v) is 2.94. The molecule has 0 radical (unpaired) electrons. The van der Waals surface area contributed by atoms with Crippen LogP contribution < -0.4 is 0 Å². The quantitative estimate of drug-likeness (QED) is 0.661. The lowest BCUT2D eigenvalue weighted by Gasteiger charge is -2.27. The maximum absolute atomic E-state index is 11.7. The van der Waals surface area contributed by atoms with Crippen molar-refractivity contribution in [2.75, 3.05) is 13.1 Å². The number of hydrogen-bond acceptors (Lipinski definition) is 2. The molecule has 1 aliphatic carbocycles. The van der Waals surface area contributed by atoms with Gasteiger partial charge in [-0.05, 0) is 50.6 Å². The van der Waals surface area contributed by atoms with Crippen LogP contribution in [-0.4, -0.2) is 29.8 Å². The number of carbonyl (C=O) groups excluding carboxylic acids is 1. The topological polar surface area (TPSA) is 20.3 Å². The van der Waals surface area contributed by atoms with Gasteiger partial charge in [0.25, 0.3) is 0 Å². The van der Waals surface area contributed by atoms with Crippen molar-refractivity contribution in [3.8, 4) is 0 Å². The first-order valence-corrected chi connectivity index (χ1v) is 6.35. The van der Waals surface area contributed by atoms with E-state index in [-0.39, 0.29) is 6.04 Å². The van der Waals surface area contributed by atoms with E-state index in [1.807, 2.05) is 0 Å². The van der Waals surface area contributed by atoms with Crippen molar-refractivity contribution >= 4 is 5.78 Å². The molecule has 0 aromatic carbocycles. The predicted octanol–water partition coefficient (Wildman–Crippen LogP) is 2.62. The average molecular weight is 209 g/mol. The fraction of sp³-hybridized carbons (Fsp3) is 0.923. The Morgan fingerprint density at radius 1 is 1.20 bits per heavy atom. The number of ketones is 1. The lowest BCUT2D eigenvalue weighted by atomic mass is 9.85. The molecule has 15 heavy (non-hydrogen) atoms. The molecule has 1 saturated heterocycles. The lowest BCUT2D eigenvalue weighted by molar-refractivity contribution is -0.121. The predicted molar refractivity (Wildman–Crippen MR) is 61.9 cm³/mol. The van der Waals surface area contributed by atoms with Gasteiger partial charge in [-0.3, -0.25) is 9.69 Å². The molecular weight excluding hydrogens is 186 g/mol. The van der Waals surface area contributed by atoms with Gasteiger partial charge in [-0.25, -0.2) is 0 Å². The van der Waals surface area contributed by atoms with Gasteiger partial charge in [-0.2, -0.15) is 0 Å². The third-order valence-electron chi connectivity index (χ3n) is 4.09. The van der Waals surface area contributed by atoms with E-state index in [0.29, 0.717) is 11.2 Å². The maximum atomic E-state index is 11.7. The third-order valence-corrected chi connectivity index (χ3v) is 4.09. The second-order valence-electron chi connectivity index (χ2n) is 5.93. The van der Waals surface area contributed by atoms with Crippen molar-refractivity contribution < 1.29 is 4.79 Å². The lowest BCUT2D eigenvalue weighted by Crippen LogP contribution is -2.39. The standard InChI is InChI=1S/C13H23NO/c1-13(2)7-4-9-14(10-8-13)11-5-3-6-12(11)15/h11H,3-10H2,1-2H3. The van der Waals surface area contributed by atoms with E-state index in [4.69, 9.17) is 0 Å². The van der Waals surface area contributed by atoms with Gasteiger partial charge < -0.3 is 0 Å². The Morgan fingerprint density at radius 3 is 2.67 bits per heavy atom. The van der Waals surface area contributed by atoms with Gasteiger partial charge in [0.15, 0.2) is 0 Å². The van der Waals surface area contributed by atoms with Gasteiger partial charge in [-0.1, -0.05) is 13.8 Å². The van der Waals surface area contributed by atoms with Crippen LogP contribution >= 0.6 is 0 Å². The molecule has 0 spiro atoms. The highest BCUT2D eigenvalue weighted by Crippen LogP contribution is 2.32.